The Kier molecular flexibility index (Phi) is 2.67. The van der Waals surface area contributed by atoms with Gasteiger partial charge in [0.2, 0.25) is 5.95 Å². The number of hydrogen-bond acceptors (Lipinski definition) is 6. The van der Waals surface area contributed by atoms with Gasteiger partial charge in [-0.2, -0.15) is 20.1 Å². The molecule has 7 nitrogen and oxygen atoms in total. The number of rotatable bonds is 3. The van der Waals surface area contributed by atoms with Crippen molar-refractivity contribution < 1.29 is 4.74 Å². The van der Waals surface area contributed by atoms with Crippen LogP contribution in [0.4, 0.5) is 5.95 Å². The van der Waals surface area contributed by atoms with Crippen molar-refractivity contribution in [2.75, 3.05) is 12.8 Å². The number of nitrogen functional groups attached to an aromatic ring is 1. The first-order valence-electron chi connectivity index (χ1n) is 4.82. The van der Waals surface area contributed by atoms with E-state index < -0.39 is 0 Å². The lowest BCUT2D eigenvalue weighted by Gasteiger charge is -2.05. The molecule has 0 aromatic carbocycles. The molecule has 2 aromatic rings. The quantitative estimate of drug-likeness (QED) is 0.802. The van der Waals surface area contributed by atoms with Gasteiger partial charge in [-0.25, -0.2) is 0 Å². The lowest BCUT2D eigenvalue weighted by Crippen LogP contribution is -2.06. The highest BCUT2D eigenvalue weighted by atomic mass is 16.5. The van der Waals surface area contributed by atoms with Gasteiger partial charge in [-0.05, 0) is 13.0 Å². The molecule has 0 bridgehead atoms. The van der Waals surface area contributed by atoms with Crippen LogP contribution in [0.25, 0.3) is 11.5 Å². The first kappa shape index (κ1) is 10.3. The summed E-state index contributed by atoms with van der Waals surface area (Å²) in [5.41, 5.74) is 6.35. The van der Waals surface area contributed by atoms with Crippen molar-refractivity contribution >= 4 is 5.95 Å². The number of nitrogens with two attached hydrogens (primary N) is 1. The Morgan fingerprint density at radius 3 is 2.88 bits per heavy atom. The molecule has 16 heavy (non-hydrogen) atoms. The van der Waals surface area contributed by atoms with Gasteiger partial charge in [0.05, 0.1) is 7.11 Å². The summed E-state index contributed by atoms with van der Waals surface area (Å²) in [5.74, 6) is 0.592. The normalized spacial score (nSPS) is 10.4. The molecule has 7 heteroatoms. The average Bonchev–Trinajstić information content (AvgIpc) is 2.76. The summed E-state index contributed by atoms with van der Waals surface area (Å²) in [7, 11) is 1.48. The molecule has 2 N–H and O–H groups in total. The highest BCUT2D eigenvalue weighted by Crippen LogP contribution is 2.17. The number of aryl methyl sites for hydroxylation is 1. The second kappa shape index (κ2) is 4.13. The van der Waals surface area contributed by atoms with Crippen LogP contribution in [0.15, 0.2) is 12.3 Å². The molecule has 0 aliphatic carbocycles. The first-order chi connectivity index (χ1) is 7.74. The molecule has 0 spiro atoms. The summed E-state index contributed by atoms with van der Waals surface area (Å²) in [5, 5.41) is 4.13. The number of hydrogen-bond donors (Lipinski definition) is 1. The molecule has 0 atom stereocenters. The minimum absolute atomic E-state index is 0.130. The van der Waals surface area contributed by atoms with Crippen molar-refractivity contribution in [3.05, 3.63) is 12.3 Å². The van der Waals surface area contributed by atoms with Gasteiger partial charge in [0, 0.05) is 12.7 Å². The van der Waals surface area contributed by atoms with Gasteiger partial charge in [0.25, 0.3) is 0 Å². The van der Waals surface area contributed by atoms with Crippen molar-refractivity contribution in [3.8, 4) is 17.5 Å². The van der Waals surface area contributed by atoms with Crippen LogP contribution < -0.4 is 10.5 Å². The van der Waals surface area contributed by atoms with Gasteiger partial charge in [-0.1, -0.05) is 0 Å². The van der Waals surface area contributed by atoms with E-state index in [-0.39, 0.29) is 12.0 Å². The molecule has 84 valence electrons. The summed E-state index contributed by atoms with van der Waals surface area (Å²) < 4.78 is 6.71. The Morgan fingerprint density at radius 2 is 2.19 bits per heavy atom. The fourth-order valence-corrected chi connectivity index (χ4v) is 1.35. The topological polar surface area (TPSA) is 91.7 Å². The summed E-state index contributed by atoms with van der Waals surface area (Å²) in [4.78, 5) is 12.0. The summed E-state index contributed by atoms with van der Waals surface area (Å²) in [6.07, 6.45) is 1.69. The lowest BCUT2D eigenvalue weighted by atomic mass is 10.4. The maximum atomic E-state index is 5.56. The lowest BCUT2D eigenvalue weighted by molar-refractivity contribution is 0.379. The highest BCUT2D eigenvalue weighted by molar-refractivity contribution is 5.50. The number of ether oxygens (including phenoxy) is 1. The average molecular weight is 220 g/mol. The third kappa shape index (κ3) is 1.79. The van der Waals surface area contributed by atoms with E-state index in [0.717, 1.165) is 12.2 Å². The molecular formula is C9H12N6O. The van der Waals surface area contributed by atoms with E-state index in [1.165, 1.54) is 7.11 Å². The van der Waals surface area contributed by atoms with Crippen molar-refractivity contribution in [1.82, 2.24) is 24.7 Å². The van der Waals surface area contributed by atoms with Crippen molar-refractivity contribution in [2.24, 2.45) is 0 Å². The maximum Gasteiger partial charge on any atom is 0.321 e. The van der Waals surface area contributed by atoms with Crippen LogP contribution in [0, 0.1) is 0 Å². The Hall–Kier alpha value is -2.18. The van der Waals surface area contributed by atoms with E-state index in [4.69, 9.17) is 10.5 Å². The monoisotopic (exact) mass is 220 g/mol. The van der Waals surface area contributed by atoms with Crippen LogP contribution in [0.2, 0.25) is 0 Å². The summed E-state index contributed by atoms with van der Waals surface area (Å²) in [6.45, 7) is 2.72. The second-order valence-corrected chi connectivity index (χ2v) is 3.04. The van der Waals surface area contributed by atoms with E-state index in [1.807, 2.05) is 13.0 Å². The van der Waals surface area contributed by atoms with Gasteiger partial charge in [0.15, 0.2) is 5.82 Å². The van der Waals surface area contributed by atoms with E-state index >= 15 is 0 Å². The molecule has 0 unspecified atom stereocenters. The second-order valence-electron chi connectivity index (χ2n) is 3.04. The third-order valence-corrected chi connectivity index (χ3v) is 2.06. The number of methoxy groups -OCH3 is 1. The first-order valence-corrected chi connectivity index (χ1v) is 4.82. The predicted molar refractivity (Wildman–Crippen MR) is 57.7 cm³/mol. The summed E-state index contributed by atoms with van der Waals surface area (Å²) >= 11 is 0. The van der Waals surface area contributed by atoms with Gasteiger partial charge in [-0.15, -0.1) is 0 Å². The molecular weight excluding hydrogens is 208 g/mol. The molecule has 2 heterocycles. The van der Waals surface area contributed by atoms with E-state index in [2.05, 4.69) is 20.1 Å². The van der Waals surface area contributed by atoms with Crippen LogP contribution in [0.1, 0.15) is 6.92 Å². The molecule has 2 rings (SSSR count). The largest absolute Gasteiger partial charge is 0.467 e. The maximum absolute atomic E-state index is 5.56. The fourth-order valence-electron chi connectivity index (χ4n) is 1.35. The van der Waals surface area contributed by atoms with Gasteiger partial charge >= 0.3 is 6.01 Å². The minimum atomic E-state index is 0.130. The van der Waals surface area contributed by atoms with Crippen LogP contribution in [-0.4, -0.2) is 31.8 Å². The Morgan fingerprint density at radius 1 is 1.38 bits per heavy atom. The zero-order valence-electron chi connectivity index (χ0n) is 9.08. The number of aromatic nitrogens is 5. The van der Waals surface area contributed by atoms with Gasteiger partial charge in [-0.3, -0.25) is 4.68 Å². The van der Waals surface area contributed by atoms with Crippen molar-refractivity contribution in [3.63, 3.8) is 0 Å². The van der Waals surface area contributed by atoms with Crippen molar-refractivity contribution in [1.29, 1.82) is 0 Å². The van der Waals surface area contributed by atoms with Gasteiger partial charge < -0.3 is 10.5 Å². The fraction of sp³-hybridized carbons (Fsp3) is 0.333. The molecule has 0 saturated heterocycles. The molecule has 0 saturated carbocycles. The molecule has 0 aliphatic rings. The molecule has 0 fully saturated rings. The van der Waals surface area contributed by atoms with Gasteiger partial charge in [0.1, 0.15) is 5.69 Å². The Balaban J connectivity index is 2.51. The predicted octanol–water partition coefficient (Wildman–Crippen LogP) is 0.346. The molecule has 0 radical (unpaired) electrons. The Bertz CT molecular complexity index is 494. The zero-order chi connectivity index (χ0) is 11.5. The standard InChI is InChI=1S/C9H12N6O/c1-3-15-6(4-5-11-15)7-12-8(10)14-9(13-7)16-2/h4-5H,3H2,1-2H3,(H2,10,12,13,14). The smallest absolute Gasteiger partial charge is 0.321 e. The van der Waals surface area contributed by atoms with Crippen LogP contribution >= 0.6 is 0 Å². The molecule has 0 aliphatic heterocycles. The highest BCUT2D eigenvalue weighted by Gasteiger charge is 2.10. The molecule has 0 amide bonds. The minimum Gasteiger partial charge on any atom is -0.467 e. The zero-order valence-corrected chi connectivity index (χ0v) is 9.08. The SMILES string of the molecule is CCn1nccc1-c1nc(N)nc(OC)n1. The van der Waals surface area contributed by atoms with E-state index in [1.54, 1.807) is 10.9 Å². The third-order valence-electron chi connectivity index (χ3n) is 2.06. The number of anilines is 1. The Labute approximate surface area is 92.3 Å². The summed E-state index contributed by atoms with van der Waals surface area (Å²) in [6, 6.07) is 2.02. The van der Waals surface area contributed by atoms with Crippen molar-refractivity contribution in [2.45, 2.75) is 13.5 Å². The number of nitrogens with zero attached hydrogens (tertiary/aromatic N) is 5. The van der Waals surface area contributed by atoms with E-state index in [9.17, 15) is 0 Å². The van der Waals surface area contributed by atoms with Crippen LogP contribution in [-0.2, 0) is 6.54 Å². The van der Waals surface area contributed by atoms with Crippen LogP contribution in [0.3, 0.4) is 0 Å². The van der Waals surface area contributed by atoms with E-state index in [0.29, 0.717) is 5.82 Å². The molecule has 2 aromatic heterocycles. The van der Waals surface area contributed by atoms with Crippen LogP contribution in [0.5, 0.6) is 6.01 Å².